The Morgan fingerprint density at radius 1 is 1.33 bits per heavy atom. The van der Waals surface area contributed by atoms with E-state index >= 15 is 0 Å². The number of allylic oxidation sites excluding steroid dienone is 1. The molecule has 9 heavy (non-hydrogen) atoms. The van der Waals surface area contributed by atoms with E-state index in [9.17, 15) is 0 Å². The standard InChI is InChI=1S/C3H3N.CH4.CH3.B.Ir.Y/c1-2-3-4;;;;;/h1-3H;1H4;1H3;;;/q-2;;-1;;+3;. The fraction of sp³-hybridized carbons (Fsp3) is 0.200. The zero-order valence-electron chi connectivity index (χ0n) is 4.67. The van der Waals surface area contributed by atoms with Crippen LogP contribution in [0.2, 0.25) is 0 Å². The van der Waals surface area contributed by atoms with Gasteiger partial charge in [0.25, 0.3) is 0 Å². The van der Waals surface area contributed by atoms with Gasteiger partial charge in [0, 0.05) is 41.1 Å². The Balaban J connectivity index is -0.00000000450. The molecular weight excluding hydrogens is 366 g/mol. The zero-order valence-corrected chi connectivity index (χ0v) is 9.90. The summed E-state index contributed by atoms with van der Waals surface area (Å²) in [6.45, 7) is 4.60. The topological polar surface area (TPSA) is 22.3 Å². The fourth-order valence-electron chi connectivity index (χ4n) is 0. The molecule has 4 radical (unpaired) electrons. The number of rotatable bonds is 1. The molecule has 0 amide bonds. The van der Waals surface area contributed by atoms with Crippen molar-refractivity contribution in [1.29, 1.82) is 0 Å². The molecule has 0 fully saturated rings. The van der Waals surface area contributed by atoms with Crippen molar-refractivity contribution < 1.29 is 52.8 Å². The molecule has 0 aliphatic rings. The van der Waals surface area contributed by atoms with Crippen molar-refractivity contribution >= 4 is 14.6 Å². The monoisotopic (exact) mass is 377 g/mol. The van der Waals surface area contributed by atoms with Gasteiger partial charge in [-0.15, -0.1) is 0 Å². The second kappa shape index (κ2) is 60.0. The molecule has 0 aliphatic carbocycles. The second-order valence-electron chi connectivity index (χ2n) is 0.342. The van der Waals surface area contributed by atoms with Gasteiger partial charge in [0.15, 0.2) is 0 Å². The molecule has 0 aliphatic heterocycles. The van der Waals surface area contributed by atoms with Crippen molar-refractivity contribution in [1.82, 2.24) is 0 Å². The van der Waals surface area contributed by atoms with Crippen LogP contribution in [0.3, 0.4) is 0 Å². The van der Waals surface area contributed by atoms with Crippen LogP contribution in [0.5, 0.6) is 0 Å². The summed E-state index contributed by atoms with van der Waals surface area (Å²) in [4.78, 5) is 0. The van der Waals surface area contributed by atoms with E-state index < -0.39 is 0 Å². The molecule has 1 nitrogen and oxygen atoms in total. The maximum atomic E-state index is 7.57. The average molecular weight is 376 g/mol. The molecule has 0 bridgehead atoms. The van der Waals surface area contributed by atoms with Crippen LogP contribution in [0.1, 0.15) is 7.43 Å². The van der Waals surface area contributed by atoms with Crippen molar-refractivity contribution in [3.63, 3.8) is 0 Å². The summed E-state index contributed by atoms with van der Waals surface area (Å²) in [5, 5.41) is 7.57. The van der Waals surface area contributed by atoms with Crippen LogP contribution in [-0.2, 0) is 52.8 Å². The summed E-state index contributed by atoms with van der Waals surface area (Å²) < 4.78 is 0. The van der Waals surface area contributed by atoms with Gasteiger partial charge >= 0.3 is 20.1 Å². The molecule has 0 heterocycles. The van der Waals surface area contributed by atoms with E-state index in [1.54, 1.807) is 0 Å². The molecule has 0 atom stereocenters. The van der Waals surface area contributed by atoms with Crippen molar-refractivity contribution in [3.05, 3.63) is 25.5 Å². The first kappa shape index (κ1) is 48.7. The Morgan fingerprint density at radius 3 is 1.44 bits per heavy atom. The van der Waals surface area contributed by atoms with E-state index in [0.29, 0.717) is 0 Å². The fourth-order valence-corrected chi connectivity index (χ4v) is 0. The van der Waals surface area contributed by atoms with E-state index in [2.05, 4.69) is 6.58 Å². The van der Waals surface area contributed by atoms with Crippen molar-refractivity contribution in [2.45, 2.75) is 7.43 Å². The third-order valence-electron chi connectivity index (χ3n) is 0.0861. The molecule has 0 unspecified atom stereocenters. The minimum Gasteiger partial charge on any atom is -0.911 e. The zero-order chi connectivity index (χ0) is 3.41. The van der Waals surface area contributed by atoms with Gasteiger partial charge < -0.3 is 19.1 Å². The van der Waals surface area contributed by atoms with E-state index in [-0.39, 0.29) is 76.1 Å². The second-order valence-corrected chi connectivity index (χ2v) is 0.342. The molecule has 0 saturated carbocycles. The summed E-state index contributed by atoms with van der Waals surface area (Å²) >= 11 is 0. The molecule has 0 rings (SSSR count). The predicted molar refractivity (Wildman–Crippen MR) is 37.2 cm³/mol. The number of hydrogen-bond donors (Lipinski definition) is 0. The molecule has 0 aromatic rings. The average Bonchev–Trinajstić information content (AvgIpc) is 1.37. The minimum absolute atomic E-state index is 0. The van der Waals surface area contributed by atoms with Gasteiger partial charge in [-0.25, -0.2) is 0 Å². The van der Waals surface area contributed by atoms with E-state index in [4.69, 9.17) is 5.41 Å². The van der Waals surface area contributed by atoms with Gasteiger partial charge in [-0.3, -0.25) is 12.7 Å². The van der Waals surface area contributed by atoms with Crippen LogP contribution < -0.4 is 0 Å². The van der Waals surface area contributed by atoms with Gasteiger partial charge in [0.2, 0.25) is 0 Å². The van der Waals surface area contributed by atoms with Crippen molar-refractivity contribution in [3.8, 4) is 0 Å². The summed E-state index contributed by atoms with van der Waals surface area (Å²) in [7, 11) is 0. The van der Waals surface area contributed by atoms with Gasteiger partial charge in [-0.2, -0.15) is 0 Å². The largest absolute Gasteiger partial charge is 3.00 e. The molecule has 0 aromatic carbocycles. The summed E-state index contributed by atoms with van der Waals surface area (Å²) in [5.74, 6) is 0. The van der Waals surface area contributed by atoms with Crippen LogP contribution in [0, 0.1) is 14.0 Å². The van der Waals surface area contributed by atoms with Crippen LogP contribution >= 0.6 is 0 Å². The predicted octanol–water partition coefficient (Wildman–Crippen LogP) is 1.32. The SMILES string of the molecule is C.[B].[CH-]=CC=[N-].[CH3-].[Ir+3].[Y]. The van der Waals surface area contributed by atoms with Crippen molar-refractivity contribution in [2.24, 2.45) is 0 Å². The Kier molecular flexibility index (Phi) is 325. The van der Waals surface area contributed by atoms with Crippen LogP contribution in [0.15, 0.2) is 6.08 Å². The summed E-state index contributed by atoms with van der Waals surface area (Å²) in [6.07, 6.45) is 1.83. The third-order valence-corrected chi connectivity index (χ3v) is 0.0861. The Labute approximate surface area is 99.4 Å². The Morgan fingerprint density at radius 2 is 1.44 bits per heavy atom. The van der Waals surface area contributed by atoms with Gasteiger partial charge in [0.1, 0.15) is 0 Å². The van der Waals surface area contributed by atoms with Crippen molar-refractivity contribution in [2.75, 3.05) is 0 Å². The molecule has 50 valence electrons. The van der Waals surface area contributed by atoms with Gasteiger partial charge in [0.05, 0.1) is 0 Å². The van der Waals surface area contributed by atoms with Crippen LogP contribution in [-0.4, -0.2) is 14.6 Å². The molecule has 0 spiro atoms. The van der Waals surface area contributed by atoms with Crippen LogP contribution in [0.4, 0.5) is 0 Å². The van der Waals surface area contributed by atoms with E-state index in [1.807, 2.05) is 0 Å². The van der Waals surface area contributed by atoms with Gasteiger partial charge in [-0.05, 0) is 0 Å². The maximum Gasteiger partial charge on any atom is 3.00 e. The molecule has 0 saturated heterocycles. The first-order valence-electron chi connectivity index (χ1n) is 0.925. The first-order chi connectivity index (χ1) is 1.91. The van der Waals surface area contributed by atoms with Crippen LogP contribution in [0.25, 0.3) is 5.41 Å². The molecule has 0 aromatic heterocycles. The van der Waals surface area contributed by atoms with E-state index in [1.165, 1.54) is 0 Å². The quantitative estimate of drug-likeness (QED) is 0.374. The summed E-state index contributed by atoms with van der Waals surface area (Å²) in [6, 6.07) is 0. The maximum absolute atomic E-state index is 7.57. The molecule has 0 N–H and O–H groups in total. The first-order valence-corrected chi connectivity index (χ1v) is 0.925. The Bertz CT molecular complexity index is 37.9. The Hall–Kier alpha value is 1.23. The molecular formula is C5H10BIrNY. The third kappa shape index (κ3) is 97.1. The normalized spacial score (nSPS) is 2.22. The number of nitrogens with zero attached hydrogens (tertiary/aromatic N) is 1. The smallest absolute Gasteiger partial charge is 0.911 e. The van der Waals surface area contributed by atoms with E-state index in [0.717, 1.165) is 12.3 Å². The number of hydrogen-bond acceptors (Lipinski definition) is 0. The minimum atomic E-state index is 0. The molecule has 4 heteroatoms. The summed E-state index contributed by atoms with van der Waals surface area (Å²) in [5.41, 5.74) is 0. The van der Waals surface area contributed by atoms with Gasteiger partial charge in [-0.1, -0.05) is 7.43 Å².